The molecule has 0 aliphatic rings. The summed E-state index contributed by atoms with van der Waals surface area (Å²) in [6.45, 7) is 5.09. The first-order valence-corrected chi connectivity index (χ1v) is 8.01. The molecule has 0 aliphatic carbocycles. The summed E-state index contributed by atoms with van der Waals surface area (Å²) < 4.78 is 2.14. The van der Waals surface area contributed by atoms with Gasteiger partial charge in [-0.3, -0.25) is 0 Å². The number of aromatic nitrogens is 3. The average Bonchev–Trinajstić information content (AvgIpc) is 2.88. The number of carboxylic acid groups (broad SMARTS) is 1. The Morgan fingerprint density at radius 2 is 1.95 bits per heavy atom. The molecule has 2 rings (SSSR count). The highest BCUT2D eigenvalue weighted by Crippen LogP contribution is 2.22. The Morgan fingerprint density at radius 1 is 1.24 bits per heavy atom. The van der Waals surface area contributed by atoms with Crippen LogP contribution in [0.4, 0.5) is 0 Å². The van der Waals surface area contributed by atoms with Gasteiger partial charge in [-0.05, 0) is 31.0 Å². The molecule has 0 bridgehead atoms. The van der Waals surface area contributed by atoms with E-state index in [0.717, 1.165) is 41.7 Å². The maximum atomic E-state index is 10.8. The first kappa shape index (κ1) is 15.6. The molecule has 0 atom stereocenters. The van der Waals surface area contributed by atoms with Crippen LogP contribution in [0.15, 0.2) is 29.4 Å². The summed E-state index contributed by atoms with van der Waals surface area (Å²) in [4.78, 5) is 10.8. The van der Waals surface area contributed by atoms with Crippen molar-refractivity contribution >= 4 is 17.7 Å². The van der Waals surface area contributed by atoms with E-state index in [1.54, 1.807) is 23.9 Å². The zero-order valence-electron chi connectivity index (χ0n) is 12.2. The number of rotatable bonds is 7. The highest BCUT2D eigenvalue weighted by atomic mass is 32.2. The third-order valence-corrected chi connectivity index (χ3v) is 4.19. The van der Waals surface area contributed by atoms with Crippen LogP contribution in [0, 0.1) is 0 Å². The van der Waals surface area contributed by atoms with Gasteiger partial charge >= 0.3 is 5.97 Å². The van der Waals surface area contributed by atoms with Crippen molar-refractivity contribution in [2.24, 2.45) is 0 Å². The zero-order chi connectivity index (χ0) is 15.2. The van der Waals surface area contributed by atoms with Crippen molar-refractivity contribution in [3.05, 3.63) is 41.2 Å². The number of nitrogens with zero attached hydrogens (tertiary/aromatic N) is 3. The van der Waals surface area contributed by atoms with E-state index >= 15 is 0 Å². The minimum absolute atomic E-state index is 0.311. The van der Waals surface area contributed by atoms with E-state index in [1.165, 1.54) is 0 Å². The number of aromatic carboxylic acids is 1. The number of carboxylic acids is 1. The fourth-order valence-electron chi connectivity index (χ4n) is 2.04. The van der Waals surface area contributed by atoms with Crippen molar-refractivity contribution in [3.63, 3.8) is 0 Å². The Kier molecular flexibility index (Phi) is 5.38. The lowest BCUT2D eigenvalue weighted by Gasteiger charge is -2.06. The fraction of sp³-hybridized carbons (Fsp3) is 0.400. The highest BCUT2D eigenvalue weighted by Gasteiger charge is 2.10. The summed E-state index contributed by atoms with van der Waals surface area (Å²) in [7, 11) is 0. The standard InChI is InChI=1S/C15H19N3O2S/c1-3-5-13-16-17-15(18(13)4-2)21-10-11-6-8-12(9-7-11)14(19)20/h6-9H,3-5,10H2,1-2H3,(H,19,20). The molecule has 1 aromatic carbocycles. The van der Waals surface area contributed by atoms with Crippen LogP contribution >= 0.6 is 11.8 Å². The van der Waals surface area contributed by atoms with Gasteiger partial charge in [0, 0.05) is 18.7 Å². The van der Waals surface area contributed by atoms with E-state index in [2.05, 4.69) is 28.6 Å². The Bertz CT molecular complexity index is 608. The molecule has 2 aromatic rings. The quantitative estimate of drug-likeness (QED) is 0.795. The largest absolute Gasteiger partial charge is 0.478 e. The summed E-state index contributed by atoms with van der Waals surface area (Å²) in [6, 6.07) is 6.95. The third-order valence-electron chi connectivity index (χ3n) is 3.15. The number of thioether (sulfide) groups is 1. The van der Waals surface area contributed by atoms with Gasteiger partial charge in [-0.1, -0.05) is 30.8 Å². The van der Waals surface area contributed by atoms with E-state index < -0.39 is 5.97 Å². The van der Waals surface area contributed by atoms with Crippen molar-refractivity contribution in [1.82, 2.24) is 14.8 Å². The SMILES string of the molecule is CCCc1nnc(SCc2ccc(C(=O)O)cc2)n1CC. The second kappa shape index (κ2) is 7.26. The van der Waals surface area contributed by atoms with Crippen molar-refractivity contribution in [3.8, 4) is 0 Å². The molecular formula is C15H19N3O2S. The lowest BCUT2D eigenvalue weighted by molar-refractivity contribution is 0.0697. The predicted octanol–water partition coefficient (Wildman–Crippen LogP) is 3.24. The van der Waals surface area contributed by atoms with Gasteiger partial charge in [0.1, 0.15) is 5.82 Å². The van der Waals surface area contributed by atoms with Crippen LogP contribution in [0.5, 0.6) is 0 Å². The average molecular weight is 305 g/mol. The fourth-order valence-corrected chi connectivity index (χ4v) is 3.02. The molecule has 1 heterocycles. The molecule has 0 radical (unpaired) electrons. The molecule has 0 fully saturated rings. The van der Waals surface area contributed by atoms with Crippen LogP contribution in [0.3, 0.4) is 0 Å². The van der Waals surface area contributed by atoms with Crippen molar-refractivity contribution in [1.29, 1.82) is 0 Å². The van der Waals surface area contributed by atoms with Crippen LogP contribution in [-0.2, 0) is 18.7 Å². The topological polar surface area (TPSA) is 68.0 Å². The first-order chi connectivity index (χ1) is 10.2. The molecule has 0 spiro atoms. The van der Waals surface area contributed by atoms with Gasteiger partial charge in [0.15, 0.2) is 5.16 Å². The van der Waals surface area contributed by atoms with E-state index in [9.17, 15) is 4.79 Å². The van der Waals surface area contributed by atoms with Gasteiger partial charge in [0.05, 0.1) is 5.56 Å². The van der Waals surface area contributed by atoms with Gasteiger partial charge in [0.25, 0.3) is 0 Å². The summed E-state index contributed by atoms with van der Waals surface area (Å²) in [5, 5.41) is 18.3. The number of aryl methyl sites for hydroxylation is 1. The molecule has 0 saturated carbocycles. The van der Waals surface area contributed by atoms with Gasteiger partial charge in [-0.2, -0.15) is 0 Å². The number of carbonyl (C=O) groups is 1. The molecule has 0 saturated heterocycles. The number of benzene rings is 1. The first-order valence-electron chi connectivity index (χ1n) is 7.02. The minimum atomic E-state index is -0.899. The van der Waals surface area contributed by atoms with Crippen LogP contribution in [0.2, 0.25) is 0 Å². The lowest BCUT2D eigenvalue weighted by Crippen LogP contribution is -2.03. The summed E-state index contributed by atoms with van der Waals surface area (Å²) in [5.41, 5.74) is 1.39. The Morgan fingerprint density at radius 3 is 2.52 bits per heavy atom. The molecule has 21 heavy (non-hydrogen) atoms. The van der Waals surface area contributed by atoms with E-state index in [0.29, 0.717) is 5.56 Å². The molecule has 0 unspecified atom stereocenters. The summed E-state index contributed by atoms with van der Waals surface area (Å²) >= 11 is 1.63. The summed E-state index contributed by atoms with van der Waals surface area (Å²) in [5.74, 6) is 0.886. The van der Waals surface area contributed by atoms with Crippen molar-refractivity contribution in [2.45, 2.75) is 44.1 Å². The zero-order valence-corrected chi connectivity index (χ0v) is 13.1. The van der Waals surface area contributed by atoms with E-state index in [-0.39, 0.29) is 0 Å². The molecule has 1 N–H and O–H groups in total. The van der Waals surface area contributed by atoms with Gasteiger partial charge < -0.3 is 9.67 Å². The molecular weight excluding hydrogens is 286 g/mol. The maximum absolute atomic E-state index is 10.8. The number of hydrogen-bond acceptors (Lipinski definition) is 4. The summed E-state index contributed by atoms with van der Waals surface area (Å²) in [6.07, 6.45) is 1.99. The van der Waals surface area contributed by atoms with Gasteiger partial charge in [-0.25, -0.2) is 4.79 Å². The van der Waals surface area contributed by atoms with E-state index in [4.69, 9.17) is 5.11 Å². The molecule has 0 amide bonds. The van der Waals surface area contributed by atoms with Crippen LogP contribution in [0.25, 0.3) is 0 Å². The molecule has 1 aromatic heterocycles. The van der Waals surface area contributed by atoms with Crippen LogP contribution in [-0.4, -0.2) is 25.8 Å². The molecule has 5 nitrogen and oxygen atoms in total. The predicted molar refractivity (Wildman–Crippen MR) is 82.7 cm³/mol. The minimum Gasteiger partial charge on any atom is -0.478 e. The molecule has 112 valence electrons. The maximum Gasteiger partial charge on any atom is 0.335 e. The van der Waals surface area contributed by atoms with Crippen molar-refractivity contribution in [2.75, 3.05) is 0 Å². The highest BCUT2D eigenvalue weighted by molar-refractivity contribution is 7.98. The Balaban J connectivity index is 2.04. The lowest BCUT2D eigenvalue weighted by atomic mass is 10.1. The molecule has 6 heteroatoms. The van der Waals surface area contributed by atoms with Crippen molar-refractivity contribution < 1.29 is 9.90 Å². The Labute approximate surface area is 128 Å². The van der Waals surface area contributed by atoms with Crippen LogP contribution < -0.4 is 0 Å². The monoisotopic (exact) mass is 305 g/mol. The normalized spacial score (nSPS) is 10.8. The third kappa shape index (κ3) is 3.85. The van der Waals surface area contributed by atoms with Crippen LogP contribution in [0.1, 0.15) is 42.0 Å². The smallest absolute Gasteiger partial charge is 0.335 e. The Hall–Kier alpha value is -1.82. The van der Waals surface area contributed by atoms with Gasteiger partial charge in [-0.15, -0.1) is 10.2 Å². The second-order valence-corrected chi connectivity index (χ2v) is 5.63. The molecule has 0 aliphatic heterocycles. The number of hydrogen-bond donors (Lipinski definition) is 1. The van der Waals surface area contributed by atoms with Gasteiger partial charge in [0.2, 0.25) is 0 Å². The van der Waals surface area contributed by atoms with E-state index in [1.807, 2.05) is 12.1 Å². The second-order valence-electron chi connectivity index (χ2n) is 4.68.